The fourth-order valence-electron chi connectivity index (χ4n) is 2.91. The van der Waals surface area contributed by atoms with E-state index in [1.54, 1.807) is 12.1 Å². The highest BCUT2D eigenvalue weighted by Gasteiger charge is 2.32. The Morgan fingerprint density at radius 1 is 0.971 bits per heavy atom. The molecule has 0 saturated heterocycles. The molecule has 1 aromatic heterocycles. The van der Waals surface area contributed by atoms with E-state index in [0.29, 0.717) is 10.4 Å². The highest BCUT2D eigenvalue weighted by atomic mass is 32.2. The lowest BCUT2D eigenvalue weighted by Gasteiger charge is -2.22. The van der Waals surface area contributed by atoms with Crippen LogP contribution in [0.1, 0.15) is 5.56 Å². The van der Waals surface area contributed by atoms with Gasteiger partial charge in [-0.05, 0) is 54.6 Å². The second kappa shape index (κ2) is 9.92. The number of halogens is 3. The van der Waals surface area contributed by atoms with E-state index in [4.69, 9.17) is 0 Å². The largest absolute Gasteiger partial charge is 0.416 e. The zero-order valence-electron chi connectivity index (χ0n) is 18.0. The van der Waals surface area contributed by atoms with Gasteiger partial charge in [-0.2, -0.15) is 13.2 Å². The van der Waals surface area contributed by atoms with Crippen LogP contribution in [0, 0.1) is 0 Å². The van der Waals surface area contributed by atoms with Crippen LogP contribution in [0.4, 0.5) is 30.4 Å². The molecule has 0 fully saturated rings. The number of alkyl halides is 3. The van der Waals surface area contributed by atoms with Crippen LogP contribution in [-0.4, -0.2) is 40.5 Å². The number of benzene rings is 2. The maximum absolute atomic E-state index is 13.0. The van der Waals surface area contributed by atoms with E-state index in [9.17, 15) is 34.8 Å². The normalized spacial score (nSPS) is 12.1. The van der Waals surface area contributed by atoms with E-state index in [2.05, 4.69) is 15.0 Å². The van der Waals surface area contributed by atoms with Crippen molar-refractivity contribution >= 4 is 43.1 Å². The van der Waals surface area contributed by atoms with Crippen LogP contribution in [0.25, 0.3) is 0 Å². The van der Waals surface area contributed by atoms with Gasteiger partial charge in [0.05, 0.1) is 22.4 Å². The predicted molar refractivity (Wildman–Crippen MR) is 124 cm³/mol. The van der Waals surface area contributed by atoms with Gasteiger partial charge in [0.1, 0.15) is 12.4 Å². The van der Waals surface area contributed by atoms with E-state index in [1.165, 1.54) is 36.5 Å². The third kappa shape index (κ3) is 6.93. The van der Waals surface area contributed by atoms with Gasteiger partial charge in [0.25, 0.3) is 10.0 Å². The molecule has 1 amide bonds. The number of rotatable bonds is 8. The Morgan fingerprint density at radius 2 is 1.66 bits per heavy atom. The number of carbonyl (C=O) groups excluding carboxylic acids is 1. The van der Waals surface area contributed by atoms with Crippen molar-refractivity contribution in [2.24, 2.45) is 0 Å². The number of carbonyl (C=O) groups is 1. The molecular formula is C21H19F3N4O5S2. The Hall–Kier alpha value is -3.65. The molecular weight excluding hydrogens is 509 g/mol. The molecule has 186 valence electrons. The molecule has 9 nitrogen and oxygen atoms in total. The fraction of sp³-hybridized carbons (Fsp3) is 0.143. The summed E-state index contributed by atoms with van der Waals surface area (Å²) < 4.78 is 91.1. The first-order valence-electron chi connectivity index (χ1n) is 9.74. The number of hydrogen-bond acceptors (Lipinski definition) is 6. The van der Waals surface area contributed by atoms with Gasteiger partial charge in [-0.3, -0.25) is 13.8 Å². The van der Waals surface area contributed by atoms with Gasteiger partial charge in [-0.25, -0.2) is 21.8 Å². The second-order valence-corrected chi connectivity index (χ2v) is 10.8. The summed E-state index contributed by atoms with van der Waals surface area (Å²) in [6.07, 6.45) is -2.53. The number of amides is 1. The zero-order chi connectivity index (χ0) is 25.9. The van der Waals surface area contributed by atoms with Crippen LogP contribution in [0.15, 0.2) is 77.8 Å². The van der Waals surface area contributed by atoms with Crippen LogP contribution in [0.2, 0.25) is 0 Å². The van der Waals surface area contributed by atoms with E-state index in [-0.39, 0.29) is 22.1 Å². The molecule has 3 aromatic rings. The van der Waals surface area contributed by atoms with Crippen LogP contribution in [0.5, 0.6) is 0 Å². The number of nitrogens with zero attached hydrogens (tertiary/aromatic N) is 2. The molecule has 0 bridgehead atoms. The Labute approximate surface area is 199 Å². The molecule has 0 radical (unpaired) electrons. The Kier molecular flexibility index (Phi) is 7.36. The van der Waals surface area contributed by atoms with E-state index in [0.717, 1.165) is 24.5 Å². The maximum Gasteiger partial charge on any atom is 0.416 e. The lowest BCUT2D eigenvalue weighted by Crippen LogP contribution is -2.37. The third-order valence-electron chi connectivity index (χ3n) is 4.50. The summed E-state index contributed by atoms with van der Waals surface area (Å²) in [6.45, 7) is -0.804. The minimum atomic E-state index is -4.70. The number of aromatic nitrogens is 1. The van der Waals surface area contributed by atoms with Crippen LogP contribution in [0.3, 0.4) is 0 Å². The molecule has 14 heteroatoms. The fourth-order valence-corrected chi connectivity index (χ4v) is 4.76. The summed E-state index contributed by atoms with van der Waals surface area (Å²) in [7, 11) is -8.07. The molecule has 0 unspecified atom stereocenters. The molecule has 1 heterocycles. The van der Waals surface area contributed by atoms with Gasteiger partial charge < -0.3 is 5.32 Å². The number of anilines is 3. The van der Waals surface area contributed by atoms with Crippen molar-refractivity contribution in [1.29, 1.82) is 0 Å². The van der Waals surface area contributed by atoms with Gasteiger partial charge in [-0.15, -0.1) is 0 Å². The molecule has 2 N–H and O–H groups in total. The summed E-state index contributed by atoms with van der Waals surface area (Å²) in [6, 6.07) is 13.2. The minimum Gasteiger partial charge on any atom is -0.325 e. The maximum atomic E-state index is 13.0. The lowest BCUT2D eigenvalue weighted by molar-refractivity contribution is -0.137. The van der Waals surface area contributed by atoms with Gasteiger partial charge in [-0.1, -0.05) is 12.1 Å². The van der Waals surface area contributed by atoms with Crippen molar-refractivity contribution in [2.75, 3.05) is 27.1 Å². The predicted octanol–water partition coefficient (Wildman–Crippen LogP) is 3.31. The number of nitrogens with one attached hydrogen (secondary N) is 2. The standard InChI is InChI=1S/C21H19F3N4O5S2/c1-34(30,31)28(17-6-4-5-15(13-17)21(22,23)24)14-20(29)26-16-8-10-18(11-9-16)35(32,33)27-19-7-2-3-12-25-19/h2-13H,14H2,1H3,(H,25,27)(H,26,29). The third-order valence-corrected chi connectivity index (χ3v) is 7.01. The van der Waals surface area contributed by atoms with Gasteiger partial charge in [0.2, 0.25) is 15.9 Å². The Balaban J connectivity index is 1.74. The monoisotopic (exact) mass is 528 g/mol. The number of pyridine rings is 1. The Morgan fingerprint density at radius 3 is 2.23 bits per heavy atom. The topological polar surface area (TPSA) is 126 Å². The SMILES string of the molecule is CS(=O)(=O)N(CC(=O)Nc1ccc(S(=O)(=O)Nc2ccccn2)cc1)c1cccc(C(F)(F)F)c1. The summed E-state index contributed by atoms with van der Waals surface area (Å²) in [5.41, 5.74) is -1.26. The highest BCUT2D eigenvalue weighted by Crippen LogP contribution is 2.32. The summed E-state index contributed by atoms with van der Waals surface area (Å²) in [5.74, 6) is -0.740. The average Bonchev–Trinajstić information content (AvgIpc) is 2.77. The smallest absolute Gasteiger partial charge is 0.325 e. The second-order valence-electron chi connectivity index (χ2n) is 7.21. The summed E-state index contributed by atoms with van der Waals surface area (Å²) in [5, 5.41) is 2.39. The first kappa shape index (κ1) is 26.0. The van der Waals surface area contributed by atoms with Crippen LogP contribution in [-0.2, 0) is 31.0 Å². The van der Waals surface area contributed by atoms with Gasteiger partial charge in [0.15, 0.2) is 0 Å². The minimum absolute atomic E-state index is 0.111. The quantitative estimate of drug-likeness (QED) is 0.462. The first-order chi connectivity index (χ1) is 16.3. The average molecular weight is 529 g/mol. The van der Waals surface area contributed by atoms with E-state index >= 15 is 0 Å². The van der Waals surface area contributed by atoms with Crippen molar-refractivity contribution in [1.82, 2.24) is 4.98 Å². The van der Waals surface area contributed by atoms with Crippen molar-refractivity contribution in [3.8, 4) is 0 Å². The summed E-state index contributed by atoms with van der Waals surface area (Å²) in [4.78, 5) is 16.2. The Bertz CT molecular complexity index is 1410. The number of hydrogen-bond donors (Lipinski definition) is 2. The van der Waals surface area contributed by atoms with Crippen molar-refractivity contribution in [3.05, 3.63) is 78.5 Å². The van der Waals surface area contributed by atoms with Crippen LogP contribution < -0.4 is 14.3 Å². The van der Waals surface area contributed by atoms with Crippen molar-refractivity contribution < 1.29 is 34.8 Å². The molecule has 0 aliphatic rings. The van der Waals surface area contributed by atoms with E-state index < -0.39 is 44.2 Å². The lowest BCUT2D eigenvalue weighted by atomic mass is 10.2. The highest BCUT2D eigenvalue weighted by molar-refractivity contribution is 7.92. The molecule has 2 aromatic carbocycles. The van der Waals surface area contributed by atoms with Crippen molar-refractivity contribution in [3.63, 3.8) is 0 Å². The first-order valence-corrected chi connectivity index (χ1v) is 13.1. The van der Waals surface area contributed by atoms with Crippen LogP contribution >= 0.6 is 0 Å². The van der Waals surface area contributed by atoms with E-state index in [1.807, 2.05) is 0 Å². The van der Waals surface area contributed by atoms with Gasteiger partial charge >= 0.3 is 6.18 Å². The zero-order valence-corrected chi connectivity index (χ0v) is 19.7. The van der Waals surface area contributed by atoms with Gasteiger partial charge in [0, 0.05) is 11.9 Å². The molecule has 0 aliphatic carbocycles. The summed E-state index contributed by atoms with van der Waals surface area (Å²) >= 11 is 0. The molecule has 0 aliphatic heterocycles. The molecule has 35 heavy (non-hydrogen) atoms. The van der Waals surface area contributed by atoms with Crippen molar-refractivity contribution in [2.45, 2.75) is 11.1 Å². The molecule has 0 saturated carbocycles. The molecule has 0 atom stereocenters. The molecule has 3 rings (SSSR count). The molecule has 0 spiro atoms. The number of sulfonamides is 2.